The number of carbonyl (C=O) groups excluding carboxylic acids is 2. The Morgan fingerprint density at radius 3 is 2.67 bits per heavy atom. The maximum absolute atomic E-state index is 12.4. The molecule has 2 aromatic rings. The van der Waals surface area contributed by atoms with Gasteiger partial charge in [-0.2, -0.15) is 0 Å². The van der Waals surface area contributed by atoms with Crippen LogP contribution in [0.1, 0.15) is 25.3 Å². The van der Waals surface area contributed by atoms with E-state index in [1.165, 1.54) is 4.90 Å². The van der Waals surface area contributed by atoms with E-state index in [-0.39, 0.29) is 31.3 Å². The highest BCUT2D eigenvalue weighted by atomic mass is 16.4. The summed E-state index contributed by atoms with van der Waals surface area (Å²) in [5, 5.41) is 14.1. The SMILES string of the molecule is CC1(C(=O)O)CCCN(C(=O)CNC(=O)Cc2cccc3ccccc23)C1. The number of hydrogen-bond donors (Lipinski definition) is 2. The summed E-state index contributed by atoms with van der Waals surface area (Å²) in [7, 11) is 0. The lowest BCUT2D eigenvalue weighted by atomic mass is 9.82. The lowest BCUT2D eigenvalue weighted by molar-refractivity contribution is -0.153. The molecule has 2 N–H and O–H groups in total. The van der Waals surface area contributed by atoms with Crippen LogP contribution in [-0.2, 0) is 20.8 Å². The van der Waals surface area contributed by atoms with Crippen LogP contribution in [0.4, 0.5) is 0 Å². The molecule has 0 bridgehead atoms. The molecule has 2 aromatic carbocycles. The summed E-state index contributed by atoms with van der Waals surface area (Å²) < 4.78 is 0. The van der Waals surface area contributed by atoms with E-state index in [0.29, 0.717) is 19.4 Å². The maximum Gasteiger partial charge on any atom is 0.311 e. The van der Waals surface area contributed by atoms with E-state index in [4.69, 9.17) is 0 Å². The van der Waals surface area contributed by atoms with Crippen molar-refractivity contribution in [3.05, 3.63) is 48.0 Å². The number of nitrogens with zero attached hydrogens (tertiary/aromatic N) is 1. The molecule has 1 unspecified atom stereocenters. The number of hydrogen-bond acceptors (Lipinski definition) is 3. The average Bonchev–Trinajstić information content (AvgIpc) is 2.66. The van der Waals surface area contributed by atoms with Crippen LogP contribution in [0.15, 0.2) is 42.5 Å². The Kier molecular flexibility index (Phi) is 5.44. The van der Waals surface area contributed by atoms with Gasteiger partial charge in [-0.15, -0.1) is 0 Å². The highest BCUT2D eigenvalue weighted by Gasteiger charge is 2.39. The Morgan fingerprint density at radius 2 is 1.89 bits per heavy atom. The molecule has 0 radical (unpaired) electrons. The van der Waals surface area contributed by atoms with Crippen molar-refractivity contribution in [1.29, 1.82) is 0 Å². The first kappa shape index (κ1) is 18.9. The topological polar surface area (TPSA) is 86.7 Å². The molecule has 1 fully saturated rings. The van der Waals surface area contributed by atoms with Crippen LogP contribution in [0, 0.1) is 5.41 Å². The van der Waals surface area contributed by atoms with Crippen LogP contribution in [0.25, 0.3) is 10.8 Å². The third kappa shape index (κ3) is 4.27. The smallest absolute Gasteiger partial charge is 0.311 e. The van der Waals surface area contributed by atoms with E-state index >= 15 is 0 Å². The first-order valence-electron chi connectivity index (χ1n) is 9.13. The molecule has 0 aliphatic carbocycles. The van der Waals surface area contributed by atoms with Crippen molar-refractivity contribution < 1.29 is 19.5 Å². The van der Waals surface area contributed by atoms with Gasteiger partial charge in [-0.25, -0.2) is 0 Å². The summed E-state index contributed by atoms with van der Waals surface area (Å²) in [6.45, 7) is 2.26. The number of carbonyl (C=O) groups is 3. The van der Waals surface area contributed by atoms with Crippen molar-refractivity contribution in [2.24, 2.45) is 5.41 Å². The van der Waals surface area contributed by atoms with Crippen molar-refractivity contribution >= 4 is 28.6 Å². The van der Waals surface area contributed by atoms with Crippen LogP contribution >= 0.6 is 0 Å². The molecular formula is C21H24N2O4. The van der Waals surface area contributed by atoms with Crippen LogP contribution in [0.5, 0.6) is 0 Å². The normalized spacial score (nSPS) is 19.7. The van der Waals surface area contributed by atoms with Gasteiger partial charge >= 0.3 is 5.97 Å². The molecule has 6 nitrogen and oxygen atoms in total. The third-order valence-corrected chi connectivity index (χ3v) is 5.23. The van der Waals surface area contributed by atoms with Crippen molar-refractivity contribution in [1.82, 2.24) is 10.2 Å². The molecule has 2 amide bonds. The molecule has 1 saturated heterocycles. The van der Waals surface area contributed by atoms with Crippen molar-refractivity contribution in [3.63, 3.8) is 0 Å². The molecular weight excluding hydrogens is 344 g/mol. The highest BCUT2D eigenvalue weighted by molar-refractivity contribution is 5.91. The monoisotopic (exact) mass is 368 g/mol. The minimum absolute atomic E-state index is 0.112. The molecule has 3 rings (SSSR count). The number of aliphatic carboxylic acids is 1. The summed E-state index contributed by atoms with van der Waals surface area (Å²) >= 11 is 0. The fraction of sp³-hybridized carbons (Fsp3) is 0.381. The van der Waals surface area contributed by atoms with Gasteiger partial charge in [0.1, 0.15) is 0 Å². The van der Waals surface area contributed by atoms with E-state index in [1.807, 2.05) is 42.5 Å². The molecule has 1 atom stereocenters. The fourth-order valence-electron chi connectivity index (χ4n) is 3.60. The molecule has 1 aliphatic rings. The van der Waals surface area contributed by atoms with Crippen molar-refractivity contribution in [2.45, 2.75) is 26.2 Å². The number of benzene rings is 2. The molecule has 0 aromatic heterocycles. The quantitative estimate of drug-likeness (QED) is 0.847. The number of rotatable bonds is 5. The maximum atomic E-state index is 12.4. The summed E-state index contributed by atoms with van der Waals surface area (Å²) in [5.41, 5.74) is -0.00425. The van der Waals surface area contributed by atoms with Gasteiger partial charge in [0.25, 0.3) is 0 Å². The standard InChI is InChI=1S/C21H24N2O4/c1-21(20(26)27)10-5-11-23(14-21)19(25)13-22-18(24)12-16-8-4-7-15-6-2-3-9-17(15)16/h2-4,6-9H,5,10-14H2,1H3,(H,22,24)(H,26,27). The number of carboxylic acid groups (broad SMARTS) is 1. The Balaban J connectivity index is 1.57. The van der Waals surface area contributed by atoms with Gasteiger partial charge in [0.15, 0.2) is 0 Å². The van der Waals surface area contributed by atoms with E-state index in [0.717, 1.165) is 16.3 Å². The number of fused-ring (bicyclic) bond motifs is 1. The molecule has 27 heavy (non-hydrogen) atoms. The van der Waals surface area contributed by atoms with E-state index in [1.54, 1.807) is 6.92 Å². The van der Waals surface area contributed by atoms with Crippen LogP contribution < -0.4 is 5.32 Å². The van der Waals surface area contributed by atoms with Crippen molar-refractivity contribution in [3.8, 4) is 0 Å². The summed E-state index contributed by atoms with van der Waals surface area (Å²) in [4.78, 5) is 37.6. The first-order chi connectivity index (χ1) is 12.9. The number of likely N-dealkylation sites (tertiary alicyclic amines) is 1. The highest BCUT2D eigenvalue weighted by Crippen LogP contribution is 2.29. The second-order valence-corrected chi connectivity index (χ2v) is 7.38. The zero-order chi connectivity index (χ0) is 19.4. The lowest BCUT2D eigenvalue weighted by Gasteiger charge is -2.37. The van der Waals surface area contributed by atoms with Gasteiger partial charge in [-0.3, -0.25) is 14.4 Å². The minimum Gasteiger partial charge on any atom is -0.481 e. The Bertz CT molecular complexity index is 874. The second kappa shape index (κ2) is 7.78. The van der Waals surface area contributed by atoms with Gasteiger partial charge < -0.3 is 15.3 Å². The zero-order valence-corrected chi connectivity index (χ0v) is 15.4. The number of amides is 2. The Labute approximate surface area is 158 Å². The zero-order valence-electron chi connectivity index (χ0n) is 15.4. The van der Waals surface area contributed by atoms with Gasteiger partial charge in [0, 0.05) is 13.1 Å². The third-order valence-electron chi connectivity index (χ3n) is 5.23. The molecule has 0 spiro atoms. The van der Waals surface area contributed by atoms with Gasteiger partial charge in [0.05, 0.1) is 18.4 Å². The number of piperidine rings is 1. The van der Waals surface area contributed by atoms with Crippen molar-refractivity contribution in [2.75, 3.05) is 19.6 Å². The Hall–Kier alpha value is -2.89. The molecule has 1 heterocycles. The summed E-state index contributed by atoms with van der Waals surface area (Å²) in [6.07, 6.45) is 1.40. The van der Waals surface area contributed by atoms with Crippen LogP contribution in [0.2, 0.25) is 0 Å². The van der Waals surface area contributed by atoms with Crippen LogP contribution in [-0.4, -0.2) is 47.4 Å². The van der Waals surface area contributed by atoms with E-state index < -0.39 is 11.4 Å². The molecule has 142 valence electrons. The summed E-state index contributed by atoms with van der Waals surface area (Å²) in [5.74, 6) is -1.36. The minimum atomic E-state index is -0.916. The predicted octanol–water partition coefficient (Wildman–Crippen LogP) is 2.21. The number of carboxylic acids is 1. The molecule has 1 aliphatic heterocycles. The van der Waals surface area contributed by atoms with Gasteiger partial charge in [-0.1, -0.05) is 42.5 Å². The lowest BCUT2D eigenvalue weighted by Crippen LogP contribution is -2.51. The van der Waals surface area contributed by atoms with Gasteiger partial charge in [0.2, 0.25) is 11.8 Å². The molecule has 6 heteroatoms. The predicted molar refractivity (Wildman–Crippen MR) is 102 cm³/mol. The average molecular weight is 368 g/mol. The van der Waals surface area contributed by atoms with Gasteiger partial charge in [-0.05, 0) is 36.1 Å². The van der Waals surface area contributed by atoms with E-state index in [2.05, 4.69) is 5.32 Å². The largest absolute Gasteiger partial charge is 0.481 e. The molecule has 0 saturated carbocycles. The van der Waals surface area contributed by atoms with E-state index in [9.17, 15) is 19.5 Å². The summed E-state index contributed by atoms with van der Waals surface area (Å²) in [6, 6.07) is 13.7. The van der Waals surface area contributed by atoms with Crippen LogP contribution in [0.3, 0.4) is 0 Å². The fourth-order valence-corrected chi connectivity index (χ4v) is 3.60. The number of nitrogens with one attached hydrogen (secondary N) is 1. The first-order valence-corrected chi connectivity index (χ1v) is 9.13. The second-order valence-electron chi connectivity index (χ2n) is 7.38. The Morgan fingerprint density at radius 1 is 1.15 bits per heavy atom.